The number of hydrogen-bond acceptors (Lipinski definition) is 7. The van der Waals surface area contributed by atoms with Crippen molar-refractivity contribution in [3.05, 3.63) is 57.9 Å². The maximum Gasteiger partial charge on any atom is 0.244 e. The minimum absolute atomic E-state index is 0.0630. The molecule has 164 valence electrons. The lowest BCUT2D eigenvalue weighted by atomic mass is 9.87. The van der Waals surface area contributed by atoms with Crippen molar-refractivity contribution in [1.82, 2.24) is 26.6 Å². The van der Waals surface area contributed by atoms with Crippen molar-refractivity contribution in [2.45, 2.75) is 43.8 Å². The normalized spacial score (nSPS) is 17.1. The highest BCUT2D eigenvalue weighted by atomic mass is 35.5. The fourth-order valence-corrected chi connectivity index (χ4v) is 5.19. The standard InChI is InChI=1S/C19H25ClFN5O3S/c1-10-5-7-14(21)17(11(10)2)12(3)18(19-22-25-26-23-19)24-30(27,28)16-8-6-13(20)9-15(16)29-4/h5-9,12,18-19,22-26H,1-4H3/t12-,18+/m1/s1. The molecule has 2 atom stereocenters. The van der Waals surface area contributed by atoms with Gasteiger partial charge in [-0.15, -0.1) is 0 Å². The van der Waals surface area contributed by atoms with Crippen LogP contribution in [-0.2, 0) is 10.0 Å². The Balaban J connectivity index is 2.03. The van der Waals surface area contributed by atoms with Crippen LogP contribution in [0.25, 0.3) is 0 Å². The largest absolute Gasteiger partial charge is 0.495 e. The van der Waals surface area contributed by atoms with Gasteiger partial charge in [-0.2, -0.15) is 11.1 Å². The molecule has 11 heteroatoms. The van der Waals surface area contributed by atoms with Gasteiger partial charge in [-0.25, -0.2) is 28.4 Å². The number of hydrazine groups is 3. The number of halogens is 2. The van der Waals surface area contributed by atoms with E-state index >= 15 is 0 Å². The van der Waals surface area contributed by atoms with Gasteiger partial charge in [0.05, 0.1) is 13.2 Å². The molecule has 1 aliphatic rings. The minimum Gasteiger partial charge on any atom is -0.495 e. The van der Waals surface area contributed by atoms with Crippen LogP contribution < -0.4 is 31.4 Å². The molecule has 0 radical (unpaired) electrons. The number of aryl methyl sites for hydroxylation is 1. The molecule has 1 fully saturated rings. The van der Waals surface area contributed by atoms with Crippen LogP contribution in [0.15, 0.2) is 35.2 Å². The number of hydrogen-bond donors (Lipinski definition) is 5. The monoisotopic (exact) mass is 457 g/mol. The first-order valence-corrected chi connectivity index (χ1v) is 11.1. The summed E-state index contributed by atoms with van der Waals surface area (Å²) in [6, 6.07) is 6.59. The Labute approximate surface area is 180 Å². The Bertz CT molecular complexity index is 1030. The minimum atomic E-state index is -4.04. The molecule has 0 aromatic heterocycles. The Morgan fingerprint density at radius 3 is 2.47 bits per heavy atom. The Morgan fingerprint density at radius 2 is 1.83 bits per heavy atom. The zero-order valence-electron chi connectivity index (χ0n) is 17.0. The van der Waals surface area contributed by atoms with Gasteiger partial charge in [0, 0.05) is 17.0 Å². The summed E-state index contributed by atoms with van der Waals surface area (Å²) in [5.41, 5.74) is 13.3. The number of rotatable bonds is 7. The molecule has 1 aliphatic heterocycles. The quantitative estimate of drug-likeness (QED) is 0.433. The fraction of sp³-hybridized carbons (Fsp3) is 0.368. The lowest BCUT2D eigenvalue weighted by Crippen LogP contribution is -2.55. The van der Waals surface area contributed by atoms with E-state index in [1.54, 1.807) is 13.0 Å². The summed E-state index contributed by atoms with van der Waals surface area (Å²) in [7, 11) is -2.67. The molecule has 0 amide bonds. The molecule has 0 aliphatic carbocycles. The van der Waals surface area contributed by atoms with Crippen molar-refractivity contribution in [3.63, 3.8) is 0 Å². The number of methoxy groups -OCH3 is 1. The average Bonchev–Trinajstić information content (AvgIpc) is 3.23. The summed E-state index contributed by atoms with van der Waals surface area (Å²) in [4.78, 5) is -0.0630. The maximum atomic E-state index is 14.8. The SMILES string of the molecule is COc1cc(Cl)ccc1S(=O)(=O)N[C@H](C1NNNN1)[C@H](C)c1c(F)ccc(C)c1C. The zero-order valence-corrected chi connectivity index (χ0v) is 18.6. The molecule has 8 nitrogen and oxygen atoms in total. The predicted octanol–water partition coefficient (Wildman–Crippen LogP) is 2.00. The summed E-state index contributed by atoms with van der Waals surface area (Å²) in [6.45, 7) is 5.49. The van der Waals surface area contributed by atoms with Gasteiger partial charge in [-0.3, -0.25) is 0 Å². The maximum absolute atomic E-state index is 14.8. The first-order valence-electron chi connectivity index (χ1n) is 9.28. The highest BCUT2D eigenvalue weighted by Gasteiger charge is 2.36. The summed E-state index contributed by atoms with van der Waals surface area (Å²) in [5, 5.41) is 0.348. The molecule has 0 unspecified atom stereocenters. The van der Waals surface area contributed by atoms with E-state index in [-0.39, 0.29) is 10.6 Å². The summed E-state index contributed by atoms with van der Waals surface area (Å²) in [6.07, 6.45) is -0.576. The second-order valence-electron chi connectivity index (χ2n) is 7.15. The van der Waals surface area contributed by atoms with Crippen molar-refractivity contribution >= 4 is 21.6 Å². The third-order valence-electron chi connectivity index (χ3n) is 5.31. The van der Waals surface area contributed by atoms with E-state index in [0.717, 1.165) is 11.1 Å². The highest BCUT2D eigenvalue weighted by molar-refractivity contribution is 7.89. The van der Waals surface area contributed by atoms with Crippen LogP contribution in [0, 0.1) is 19.7 Å². The van der Waals surface area contributed by atoms with Crippen LogP contribution in [0.4, 0.5) is 4.39 Å². The van der Waals surface area contributed by atoms with Gasteiger partial charge >= 0.3 is 0 Å². The molecule has 0 bridgehead atoms. The summed E-state index contributed by atoms with van der Waals surface area (Å²) >= 11 is 5.96. The van der Waals surface area contributed by atoms with Crippen LogP contribution in [0.3, 0.4) is 0 Å². The Kier molecular flexibility index (Phi) is 6.98. The number of nitrogens with one attached hydrogen (secondary N) is 5. The number of benzene rings is 2. The summed E-state index contributed by atoms with van der Waals surface area (Å²) in [5.74, 6) is -0.801. The molecule has 1 saturated heterocycles. The van der Waals surface area contributed by atoms with E-state index in [2.05, 4.69) is 26.6 Å². The van der Waals surface area contributed by atoms with Crippen LogP contribution in [0.1, 0.15) is 29.5 Å². The van der Waals surface area contributed by atoms with Crippen LogP contribution >= 0.6 is 11.6 Å². The van der Waals surface area contributed by atoms with Gasteiger partial charge in [-0.1, -0.05) is 24.6 Å². The van der Waals surface area contributed by atoms with E-state index in [1.807, 2.05) is 13.8 Å². The molecule has 1 heterocycles. The smallest absolute Gasteiger partial charge is 0.244 e. The van der Waals surface area contributed by atoms with Gasteiger partial charge in [0.2, 0.25) is 10.0 Å². The lowest BCUT2D eigenvalue weighted by Gasteiger charge is -2.31. The molecule has 0 saturated carbocycles. The third-order valence-corrected chi connectivity index (χ3v) is 7.04. The predicted molar refractivity (Wildman–Crippen MR) is 113 cm³/mol. The van der Waals surface area contributed by atoms with E-state index in [9.17, 15) is 12.8 Å². The Morgan fingerprint density at radius 1 is 1.17 bits per heavy atom. The number of ether oxygens (including phenoxy) is 1. The van der Waals surface area contributed by atoms with Gasteiger partial charge in [0.25, 0.3) is 0 Å². The van der Waals surface area contributed by atoms with Crippen LogP contribution in [-0.4, -0.2) is 27.7 Å². The molecule has 2 aromatic rings. The topological polar surface area (TPSA) is 104 Å². The van der Waals surface area contributed by atoms with Gasteiger partial charge in [-0.05, 0) is 48.7 Å². The first kappa shape index (κ1) is 22.9. The number of sulfonamides is 1. The van der Waals surface area contributed by atoms with Gasteiger partial charge in [0.1, 0.15) is 22.6 Å². The van der Waals surface area contributed by atoms with Crippen LogP contribution in [0.2, 0.25) is 5.02 Å². The third kappa shape index (κ3) is 4.59. The van der Waals surface area contributed by atoms with E-state index in [0.29, 0.717) is 10.6 Å². The van der Waals surface area contributed by atoms with Gasteiger partial charge < -0.3 is 4.74 Å². The van der Waals surface area contributed by atoms with Crippen LogP contribution in [0.5, 0.6) is 5.75 Å². The lowest BCUT2D eigenvalue weighted by molar-refractivity contribution is 0.355. The molecule has 2 aromatic carbocycles. The second-order valence-corrected chi connectivity index (χ2v) is 9.27. The van der Waals surface area contributed by atoms with E-state index in [1.165, 1.54) is 31.4 Å². The van der Waals surface area contributed by atoms with Crippen molar-refractivity contribution in [1.29, 1.82) is 0 Å². The van der Waals surface area contributed by atoms with E-state index in [4.69, 9.17) is 16.3 Å². The summed E-state index contributed by atoms with van der Waals surface area (Å²) < 4.78 is 49.1. The zero-order chi connectivity index (χ0) is 22.1. The van der Waals surface area contributed by atoms with Gasteiger partial charge in [0.15, 0.2) is 0 Å². The molecular weight excluding hydrogens is 433 g/mol. The molecule has 30 heavy (non-hydrogen) atoms. The first-order chi connectivity index (χ1) is 14.2. The van der Waals surface area contributed by atoms with E-state index < -0.39 is 34.0 Å². The molecule has 5 N–H and O–H groups in total. The molecule has 0 spiro atoms. The Hall–Kier alpha value is -1.79. The van der Waals surface area contributed by atoms with Crippen molar-refractivity contribution in [2.75, 3.05) is 7.11 Å². The second kappa shape index (κ2) is 9.15. The van der Waals surface area contributed by atoms with Crippen molar-refractivity contribution < 1.29 is 17.5 Å². The van der Waals surface area contributed by atoms with Crippen molar-refractivity contribution in [2.24, 2.45) is 0 Å². The fourth-order valence-electron chi connectivity index (χ4n) is 3.55. The van der Waals surface area contributed by atoms with Crippen molar-refractivity contribution in [3.8, 4) is 5.75 Å². The average molecular weight is 458 g/mol. The molecular formula is C19H25ClFN5O3S. The molecule has 3 rings (SSSR count). The highest BCUT2D eigenvalue weighted by Crippen LogP contribution is 2.32.